The Balaban J connectivity index is 1.53. The Morgan fingerprint density at radius 1 is 1.21 bits per heavy atom. The highest BCUT2D eigenvalue weighted by molar-refractivity contribution is 5.90. The molecule has 2 unspecified atom stereocenters. The summed E-state index contributed by atoms with van der Waals surface area (Å²) in [6, 6.07) is 4.23. The summed E-state index contributed by atoms with van der Waals surface area (Å²) in [7, 11) is 1.42. The zero-order valence-corrected chi connectivity index (χ0v) is 22.3. The van der Waals surface area contributed by atoms with Crippen LogP contribution in [0.15, 0.2) is 40.1 Å². The van der Waals surface area contributed by atoms with E-state index in [9.17, 15) is 27.6 Å². The fourth-order valence-electron chi connectivity index (χ4n) is 5.42. The van der Waals surface area contributed by atoms with E-state index in [-0.39, 0.29) is 29.2 Å². The highest BCUT2D eigenvalue weighted by atomic mass is 19.3. The average molecular weight is 546 g/mol. The number of likely N-dealkylation sites (tertiary alicyclic amines) is 1. The molecule has 1 saturated heterocycles. The minimum Gasteiger partial charge on any atom is -0.444 e. The maximum absolute atomic E-state index is 14.8. The molecule has 1 aromatic carbocycles. The van der Waals surface area contributed by atoms with E-state index in [1.807, 2.05) is 0 Å². The van der Waals surface area contributed by atoms with Crippen molar-refractivity contribution in [2.45, 2.75) is 57.7 Å². The Morgan fingerprint density at radius 3 is 2.56 bits per heavy atom. The Hall–Kier alpha value is -3.83. The van der Waals surface area contributed by atoms with Crippen molar-refractivity contribution in [3.8, 4) is 0 Å². The number of carbonyl (C=O) groups excluding carboxylic acids is 1. The number of fused-ring (bicyclic) bond motifs is 2. The number of rotatable bonds is 5. The predicted octanol–water partition coefficient (Wildman–Crippen LogP) is 4.31. The van der Waals surface area contributed by atoms with Crippen molar-refractivity contribution in [3.05, 3.63) is 68.1 Å². The third-order valence-corrected chi connectivity index (χ3v) is 7.43. The first-order chi connectivity index (χ1) is 18.2. The summed E-state index contributed by atoms with van der Waals surface area (Å²) in [6.45, 7) is 7.66. The van der Waals surface area contributed by atoms with Gasteiger partial charge in [0.25, 0.3) is 17.5 Å². The Bertz CT molecular complexity index is 1600. The molecule has 208 valence electrons. The molecule has 1 aliphatic carbocycles. The molecule has 12 heteroatoms. The lowest BCUT2D eigenvalue weighted by molar-refractivity contribution is 0.0262. The number of benzene rings is 1. The summed E-state index contributed by atoms with van der Waals surface area (Å²) in [4.78, 5) is 40.4. The molecule has 2 aromatic heterocycles. The number of nitrogens with one attached hydrogen (secondary N) is 1. The number of pyridine rings is 1. The van der Waals surface area contributed by atoms with Gasteiger partial charge >= 0.3 is 6.09 Å². The van der Waals surface area contributed by atoms with E-state index in [1.165, 1.54) is 25.2 Å². The van der Waals surface area contributed by atoms with E-state index < -0.39 is 52.2 Å². The van der Waals surface area contributed by atoms with Crippen LogP contribution in [0.25, 0.3) is 10.8 Å². The minimum atomic E-state index is -2.97. The van der Waals surface area contributed by atoms with Crippen LogP contribution in [0.5, 0.6) is 0 Å². The molecule has 3 heterocycles. The van der Waals surface area contributed by atoms with Crippen molar-refractivity contribution in [1.82, 2.24) is 19.2 Å². The Labute approximate surface area is 222 Å². The highest BCUT2D eigenvalue weighted by Crippen LogP contribution is 2.55. The van der Waals surface area contributed by atoms with Gasteiger partial charge in [-0.15, -0.1) is 0 Å². The number of alkyl halides is 2. The fraction of sp³-hybridized carbons (Fsp3) is 0.481. The molecule has 2 aliphatic rings. The van der Waals surface area contributed by atoms with Gasteiger partial charge < -0.3 is 19.5 Å². The van der Waals surface area contributed by atoms with Gasteiger partial charge in [-0.25, -0.2) is 22.6 Å². The molecule has 5 rings (SSSR count). The molecule has 39 heavy (non-hydrogen) atoms. The molecule has 0 bridgehead atoms. The number of nitrogens with zero attached hydrogens (tertiary/aromatic N) is 4. The quantitative estimate of drug-likeness (QED) is 0.513. The average Bonchev–Trinajstić information content (AvgIpc) is 3.40. The molecule has 2 fully saturated rings. The largest absolute Gasteiger partial charge is 0.444 e. The topological polar surface area (TPSA) is 98.5 Å². The second-order valence-electron chi connectivity index (χ2n) is 11.4. The first kappa shape index (κ1) is 26.8. The van der Waals surface area contributed by atoms with Crippen molar-refractivity contribution in [1.29, 1.82) is 0 Å². The van der Waals surface area contributed by atoms with Crippen LogP contribution in [0.4, 0.5) is 23.8 Å². The van der Waals surface area contributed by atoms with Crippen molar-refractivity contribution < 1.29 is 22.7 Å². The lowest BCUT2D eigenvalue weighted by atomic mass is 10.0. The van der Waals surface area contributed by atoms with Crippen LogP contribution in [0.2, 0.25) is 0 Å². The Morgan fingerprint density at radius 2 is 1.90 bits per heavy atom. The number of amides is 1. The van der Waals surface area contributed by atoms with Crippen molar-refractivity contribution in [2.75, 3.05) is 18.4 Å². The second kappa shape index (κ2) is 9.13. The third kappa shape index (κ3) is 4.65. The zero-order chi connectivity index (χ0) is 28.4. The van der Waals surface area contributed by atoms with Crippen LogP contribution in [-0.2, 0) is 17.3 Å². The van der Waals surface area contributed by atoms with E-state index in [4.69, 9.17) is 4.74 Å². The fourth-order valence-corrected chi connectivity index (χ4v) is 5.42. The summed E-state index contributed by atoms with van der Waals surface area (Å²) in [6.07, 6.45) is -1.20. The highest BCUT2D eigenvalue weighted by Gasteiger charge is 2.63. The number of aryl methyl sites for hydroxylation is 1. The summed E-state index contributed by atoms with van der Waals surface area (Å²) in [5.41, 5.74) is -2.88. The number of anilines is 1. The summed E-state index contributed by atoms with van der Waals surface area (Å²) in [5.74, 6) is -0.793. The Kier molecular flexibility index (Phi) is 6.27. The molecule has 9 nitrogen and oxygen atoms in total. The van der Waals surface area contributed by atoms with Gasteiger partial charge in [-0.1, -0.05) is 18.2 Å². The molecule has 1 saturated carbocycles. The van der Waals surface area contributed by atoms with E-state index in [1.54, 1.807) is 43.4 Å². The number of ether oxygens (including phenoxy) is 1. The van der Waals surface area contributed by atoms with Crippen LogP contribution >= 0.6 is 0 Å². The first-order valence-corrected chi connectivity index (χ1v) is 12.7. The standard InChI is InChI=1S/C27H30F3N5O4/c1-14(16-7-6-8-17(21(16)28)22(29)30)31-23-19-12-35(20(36)9-18(19)24(37)33(5)32-23)27-10-15(27)11-34(13-27)25(38)39-26(2,3)4/h6-9,12,14-15,22H,10-11,13H2,1-5H3,(H,31,32)/t14-,15?,27?/m1/s1. The number of piperidine rings is 1. The normalized spacial score (nSPS) is 21.3. The SMILES string of the molecule is C[C@@H](Nc1nn(C)c(=O)c2cc(=O)n(C34CC3CN(C(=O)OC(C)(C)C)C4)cc12)c1cccc(C(F)F)c1F. The van der Waals surface area contributed by atoms with Crippen LogP contribution < -0.4 is 16.4 Å². The van der Waals surface area contributed by atoms with Crippen LogP contribution in [0.3, 0.4) is 0 Å². The molecule has 1 N–H and O–H groups in total. The lowest BCUT2D eigenvalue weighted by Gasteiger charge is -2.27. The molecule has 0 spiro atoms. The van der Waals surface area contributed by atoms with Gasteiger partial charge in [0.05, 0.1) is 22.5 Å². The van der Waals surface area contributed by atoms with Crippen molar-refractivity contribution in [2.24, 2.45) is 13.0 Å². The van der Waals surface area contributed by atoms with E-state index in [0.717, 1.165) is 10.7 Å². The maximum Gasteiger partial charge on any atom is 0.410 e. The summed E-state index contributed by atoms with van der Waals surface area (Å²) >= 11 is 0. The van der Waals surface area contributed by atoms with E-state index >= 15 is 0 Å². The molecule has 3 atom stereocenters. The van der Waals surface area contributed by atoms with Crippen LogP contribution in [0, 0.1) is 11.7 Å². The molecular formula is C27H30F3N5O4. The minimum absolute atomic E-state index is 0.00886. The van der Waals surface area contributed by atoms with Gasteiger partial charge in [-0.2, -0.15) is 5.10 Å². The molecule has 0 radical (unpaired) electrons. The summed E-state index contributed by atoms with van der Waals surface area (Å²) in [5, 5.41) is 7.77. The first-order valence-electron chi connectivity index (χ1n) is 12.7. The van der Waals surface area contributed by atoms with Gasteiger partial charge in [0, 0.05) is 49.3 Å². The van der Waals surface area contributed by atoms with Crippen LogP contribution in [-0.4, -0.2) is 44.0 Å². The smallest absolute Gasteiger partial charge is 0.410 e. The predicted molar refractivity (Wildman–Crippen MR) is 139 cm³/mol. The lowest BCUT2D eigenvalue weighted by Crippen LogP contribution is -2.40. The zero-order valence-electron chi connectivity index (χ0n) is 22.3. The molecular weight excluding hydrogens is 515 g/mol. The monoisotopic (exact) mass is 545 g/mol. The van der Waals surface area contributed by atoms with Gasteiger partial charge in [0.1, 0.15) is 11.4 Å². The molecule has 1 amide bonds. The maximum atomic E-state index is 14.8. The van der Waals surface area contributed by atoms with Crippen molar-refractivity contribution >= 4 is 22.7 Å². The third-order valence-electron chi connectivity index (χ3n) is 7.43. The summed E-state index contributed by atoms with van der Waals surface area (Å²) < 4.78 is 49.4. The van der Waals surface area contributed by atoms with E-state index in [0.29, 0.717) is 18.4 Å². The van der Waals surface area contributed by atoms with Gasteiger partial charge in [-0.3, -0.25) is 9.59 Å². The van der Waals surface area contributed by atoms with Crippen molar-refractivity contribution in [3.63, 3.8) is 0 Å². The number of carbonyl (C=O) groups is 1. The number of halogens is 3. The second-order valence-corrected chi connectivity index (χ2v) is 11.4. The van der Waals surface area contributed by atoms with Gasteiger partial charge in [0.15, 0.2) is 5.82 Å². The number of aromatic nitrogens is 3. The number of hydrogen-bond acceptors (Lipinski definition) is 6. The van der Waals surface area contributed by atoms with Crippen LogP contribution in [0.1, 0.15) is 57.7 Å². The van der Waals surface area contributed by atoms with Gasteiger partial charge in [0.2, 0.25) is 0 Å². The molecule has 3 aromatic rings. The van der Waals surface area contributed by atoms with Gasteiger partial charge in [-0.05, 0) is 34.1 Å². The number of hydrogen-bond donors (Lipinski definition) is 1. The molecule has 1 aliphatic heterocycles. The van der Waals surface area contributed by atoms with E-state index in [2.05, 4.69) is 10.4 Å².